The molecule has 39 heavy (non-hydrogen) atoms. The molecule has 1 aliphatic rings. The fraction of sp³-hybridized carbons (Fsp3) is 0.400. The Morgan fingerprint density at radius 1 is 1.21 bits per heavy atom. The van der Waals surface area contributed by atoms with Crippen molar-refractivity contribution in [3.63, 3.8) is 0 Å². The Morgan fingerprint density at radius 2 is 1.90 bits per heavy atom. The largest absolute Gasteiger partial charge is 0.382 e. The molecule has 0 unspecified atom stereocenters. The number of sulfonamides is 1. The number of nitrogens with two attached hydrogens (primary N) is 1. The lowest BCUT2D eigenvalue weighted by Gasteiger charge is -2.31. The normalized spacial score (nSPS) is 15.1. The summed E-state index contributed by atoms with van der Waals surface area (Å²) in [6, 6.07) is 6.40. The van der Waals surface area contributed by atoms with Gasteiger partial charge in [-0.25, -0.2) is 27.2 Å². The van der Waals surface area contributed by atoms with Gasteiger partial charge in [-0.15, -0.1) is 11.8 Å². The highest BCUT2D eigenvalue weighted by atomic mass is 32.2. The minimum Gasteiger partial charge on any atom is -0.382 e. The van der Waals surface area contributed by atoms with Gasteiger partial charge in [-0.05, 0) is 64.2 Å². The summed E-state index contributed by atoms with van der Waals surface area (Å²) in [7, 11) is 0.358. The summed E-state index contributed by atoms with van der Waals surface area (Å²) < 4.78 is 55.8. The van der Waals surface area contributed by atoms with Gasteiger partial charge in [-0.1, -0.05) is 17.4 Å². The van der Waals surface area contributed by atoms with Crippen LogP contribution in [-0.2, 0) is 10.0 Å². The molecule has 0 amide bonds. The van der Waals surface area contributed by atoms with Crippen LogP contribution in [-0.4, -0.2) is 78.9 Å². The molecule has 0 radical (unpaired) electrons. The summed E-state index contributed by atoms with van der Waals surface area (Å²) in [6.45, 7) is 1.55. The maximum Gasteiger partial charge on any atom is 0.244 e. The first-order valence-electron chi connectivity index (χ1n) is 12.3. The number of benzene rings is 1. The van der Waals surface area contributed by atoms with Gasteiger partial charge in [0.2, 0.25) is 15.8 Å². The number of pyridine rings is 1. The number of aromatic nitrogens is 2. The number of nitrogens with zero attached hydrogens (tertiary/aromatic N) is 4. The maximum atomic E-state index is 14.1. The average Bonchev–Trinajstić information content (AvgIpc) is 3.26. The Labute approximate surface area is 234 Å². The van der Waals surface area contributed by atoms with Crippen molar-refractivity contribution < 1.29 is 22.0 Å². The molecule has 14 heteroatoms. The first-order chi connectivity index (χ1) is 18.6. The first kappa shape index (κ1) is 29.3. The lowest BCUT2D eigenvalue weighted by Crippen LogP contribution is -2.42. The van der Waals surface area contributed by atoms with E-state index in [4.69, 9.17) is 5.73 Å². The molecule has 1 aromatic carbocycles. The highest BCUT2D eigenvalue weighted by molar-refractivity contribution is 7.99. The summed E-state index contributed by atoms with van der Waals surface area (Å²) in [4.78, 5) is 23.4. The summed E-state index contributed by atoms with van der Waals surface area (Å²) in [5.41, 5.74) is 5.20. The van der Waals surface area contributed by atoms with Crippen LogP contribution in [0.25, 0.3) is 0 Å². The summed E-state index contributed by atoms with van der Waals surface area (Å²) >= 11 is 2.51. The van der Waals surface area contributed by atoms with Crippen LogP contribution in [0.3, 0.4) is 0 Å². The van der Waals surface area contributed by atoms with Crippen molar-refractivity contribution in [3.8, 4) is 0 Å². The number of piperidine rings is 1. The molecule has 0 aliphatic carbocycles. The second-order valence-corrected chi connectivity index (χ2v) is 13.4. The third-order valence-corrected chi connectivity index (χ3v) is 10.1. The molecule has 1 aliphatic heterocycles. The van der Waals surface area contributed by atoms with E-state index in [-0.39, 0.29) is 34.7 Å². The van der Waals surface area contributed by atoms with E-state index in [1.807, 2.05) is 14.1 Å². The van der Waals surface area contributed by atoms with E-state index in [9.17, 15) is 22.0 Å². The SMILES string of the molecule is CN(C)CCCSc1ccc(S(=O)(=O)N2CCC(Nc3nc(N)c(C(=O)c4c(F)cccc4F)s3)CC2)cn1. The Balaban J connectivity index is 1.33. The highest BCUT2D eigenvalue weighted by Gasteiger charge is 2.31. The van der Waals surface area contributed by atoms with Crippen LogP contribution >= 0.6 is 23.1 Å². The van der Waals surface area contributed by atoms with Gasteiger partial charge < -0.3 is 16.0 Å². The zero-order valence-electron chi connectivity index (χ0n) is 21.6. The third kappa shape index (κ3) is 7.11. The standard InChI is InChI=1S/C25H30F2N6O3S3/c1-32(2)11-4-14-37-20-8-7-17(15-29-20)39(35,36)33-12-9-16(10-13-33)30-25-31-24(28)23(38-25)22(34)21-18(26)5-3-6-19(21)27/h3,5-8,15-16H,4,9-14,28H2,1-2H3,(H,30,31). The molecule has 3 N–H and O–H groups in total. The van der Waals surface area contributed by atoms with Crippen molar-refractivity contribution in [2.45, 2.75) is 35.2 Å². The molecule has 0 bridgehead atoms. The van der Waals surface area contributed by atoms with Crippen molar-refractivity contribution in [2.75, 3.05) is 50.5 Å². The number of hydrogen-bond acceptors (Lipinski definition) is 10. The number of halogens is 2. The molecule has 210 valence electrons. The molecule has 3 aromatic rings. The molecule has 2 aromatic heterocycles. The van der Waals surface area contributed by atoms with Crippen LogP contribution in [0.15, 0.2) is 46.5 Å². The van der Waals surface area contributed by atoms with E-state index in [0.717, 1.165) is 47.2 Å². The van der Waals surface area contributed by atoms with Gasteiger partial charge in [0.25, 0.3) is 0 Å². The van der Waals surface area contributed by atoms with Gasteiger partial charge >= 0.3 is 0 Å². The number of rotatable bonds is 11. The fourth-order valence-electron chi connectivity index (χ4n) is 4.11. The van der Waals surface area contributed by atoms with Gasteiger partial charge in [0.15, 0.2) is 5.13 Å². The van der Waals surface area contributed by atoms with Crippen LogP contribution in [0.4, 0.5) is 19.7 Å². The van der Waals surface area contributed by atoms with Gasteiger partial charge in [-0.3, -0.25) is 4.79 Å². The lowest BCUT2D eigenvalue weighted by molar-refractivity contribution is 0.103. The van der Waals surface area contributed by atoms with Crippen molar-refractivity contribution in [1.82, 2.24) is 19.2 Å². The number of nitrogen functional groups attached to an aromatic ring is 1. The van der Waals surface area contributed by atoms with E-state index in [1.165, 1.54) is 16.6 Å². The Hall–Kier alpha value is -2.65. The molecule has 9 nitrogen and oxygen atoms in total. The number of carbonyl (C=O) groups is 1. The number of hydrogen-bond donors (Lipinski definition) is 2. The lowest BCUT2D eigenvalue weighted by atomic mass is 10.1. The number of thiazole rings is 1. The van der Waals surface area contributed by atoms with Crippen molar-refractivity contribution in [1.29, 1.82) is 0 Å². The quantitative estimate of drug-likeness (QED) is 0.193. The van der Waals surface area contributed by atoms with E-state index < -0.39 is 33.0 Å². The predicted octanol–water partition coefficient (Wildman–Crippen LogP) is 3.94. The van der Waals surface area contributed by atoms with Gasteiger partial charge in [-0.2, -0.15) is 4.31 Å². The molecule has 3 heterocycles. The zero-order valence-corrected chi connectivity index (χ0v) is 24.0. The number of nitrogens with one attached hydrogen (secondary N) is 1. The molecule has 0 spiro atoms. The molecular formula is C25H30F2N6O3S3. The Kier molecular flexibility index (Phi) is 9.54. The minimum absolute atomic E-state index is 0.0617. The van der Waals surface area contributed by atoms with E-state index in [2.05, 4.69) is 20.2 Å². The minimum atomic E-state index is -3.69. The number of thioether (sulfide) groups is 1. The maximum absolute atomic E-state index is 14.1. The number of carbonyl (C=O) groups excluding carboxylic acids is 1. The van der Waals surface area contributed by atoms with Crippen LogP contribution in [0.1, 0.15) is 34.5 Å². The molecule has 4 rings (SSSR count). The molecule has 0 atom stereocenters. The van der Waals surface area contributed by atoms with Crippen LogP contribution in [0.2, 0.25) is 0 Å². The van der Waals surface area contributed by atoms with Crippen molar-refractivity contribution >= 4 is 49.9 Å². The van der Waals surface area contributed by atoms with E-state index in [1.54, 1.807) is 23.9 Å². The molecule has 0 saturated carbocycles. The van der Waals surface area contributed by atoms with E-state index >= 15 is 0 Å². The van der Waals surface area contributed by atoms with E-state index in [0.29, 0.717) is 18.0 Å². The molecular weight excluding hydrogens is 567 g/mol. The number of anilines is 2. The summed E-state index contributed by atoms with van der Waals surface area (Å²) in [6.07, 6.45) is 3.41. The highest BCUT2D eigenvalue weighted by Crippen LogP contribution is 2.31. The second kappa shape index (κ2) is 12.7. The Bertz CT molecular complexity index is 1390. The van der Waals surface area contributed by atoms with Crippen LogP contribution < -0.4 is 11.1 Å². The fourth-order valence-corrected chi connectivity index (χ4v) is 7.21. The summed E-state index contributed by atoms with van der Waals surface area (Å²) in [5, 5.41) is 4.29. The predicted molar refractivity (Wildman–Crippen MR) is 150 cm³/mol. The van der Waals surface area contributed by atoms with Crippen LogP contribution in [0, 0.1) is 11.6 Å². The molecule has 1 saturated heterocycles. The smallest absolute Gasteiger partial charge is 0.244 e. The third-order valence-electron chi connectivity index (χ3n) is 6.18. The van der Waals surface area contributed by atoms with Crippen molar-refractivity contribution in [3.05, 3.63) is 58.6 Å². The number of ketones is 1. The van der Waals surface area contributed by atoms with Crippen molar-refractivity contribution in [2.24, 2.45) is 0 Å². The second-order valence-electron chi connectivity index (χ2n) is 9.32. The van der Waals surface area contributed by atoms with Crippen LogP contribution in [0.5, 0.6) is 0 Å². The van der Waals surface area contributed by atoms with Gasteiger partial charge in [0, 0.05) is 31.1 Å². The zero-order chi connectivity index (χ0) is 28.2. The summed E-state index contributed by atoms with van der Waals surface area (Å²) in [5.74, 6) is -2.04. The first-order valence-corrected chi connectivity index (χ1v) is 15.6. The van der Waals surface area contributed by atoms with Gasteiger partial charge in [0.05, 0.1) is 10.6 Å². The monoisotopic (exact) mass is 596 g/mol. The Morgan fingerprint density at radius 3 is 2.51 bits per heavy atom. The van der Waals surface area contributed by atoms with Gasteiger partial charge in [0.1, 0.15) is 27.2 Å². The molecule has 1 fully saturated rings. The topological polar surface area (TPSA) is 122 Å². The average molecular weight is 597 g/mol.